The molecule has 1 saturated heterocycles. The molecule has 2 heterocycles. The summed E-state index contributed by atoms with van der Waals surface area (Å²) in [6.07, 6.45) is 7.73. The summed E-state index contributed by atoms with van der Waals surface area (Å²) in [5, 5.41) is 0. The lowest BCUT2D eigenvalue weighted by molar-refractivity contribution is -0.154. The van der Waals surface area contributed by atoms with Crippen molar-refractivity contribution in [3.63, 3.8) is 0 Å². The average molecular weight is 292 g/mol. The molecule has 0 aromatic heterocycles. The van der Waals surface area contributed by atoms with Crippen molar-refractivity contribution in [3.05, 3.63) is 23.7 Å². The minimum absolute atomic E-state index is 0.135. The van der Waals surface area contributed by atoms with Crippen molar-refractivity contribution in [2.24, 2.45) is 0 Å². The molecule has 0 aliphatic carbocycles. The van der Waals surface area contributed by atoms with E-state index < -0.39 is 5.97 Å². The molecule has 21 heavy (non-hydrogen) atoms. The molecule has 0 bridgehead atoms. The fourth-order valence-electron chi connectivity index (χ4n) is 2.05. The number of carbonyl (C=O) groups excluding carboxylic acids is 1. The van der Waals surface area contributed by atoms with E-state index in [0.29, 0.717) is 24.5 Å². The molecule has 1 unspecified atom stereocenters. The first-order valence-electron chi connectivity index (χ1n) is 7.16. The highest BCUT2D eigenvalue weighted by molar-refractivity contribution is 5.82. The van der Waals surface area contributed by atoms with Crippen molar-refractivity contribution < 1.29 is 23.7 Å². The van der Waals surface area contributed by atoms with E-state index in [9.17, 15) is 4.79 Å². The van der Waals surface area contributed by atoms with E-state index in [4.69, 9.17) is 14.2 Å². The molecule has 0 aromatic carbocycles. The minimum Gasteiger partial charge on any atom is -0.466 e. The monoisotopic (exact) mass is 292 g/mol. The summed E-state index contributed by atoms with van der Waals surface area (Å²) in [6, 6.07) is 0. The Balaban J connectivity index is 1.77. The summed E-state index contributed by atoms with van der Waals surface area (Å²) in [6.45, 7) is 1.06. The Morgan fingerprint density at radius 1 is 1.52 bits per heavy atom. The second-order valence-corrected chi connectivity index (χ2v) is 4.75. The third-order valence-corrected chi connectivity index (χ3v) is 3.13. The average Bonchev–Trinajstić information content (AvgIpc) is 2.53. The molecule has 1 fully saturated rings. The van der Waals surface area contributed by atoms with E-state index in [1.165, 1.54) is 13.2 Å². The summed E-state index contributed by atoms with van der Waals surface area (Å²) in [5.74, 6) is 6.50. The fraction of sp³-hybridized carbons (Fsp3) is 0.562. The summed E-state index contributed by atoms with van der Waals surface area (Å²) < 4.78 is 21.0. The standard InChI is InChI=1S/C16H20O5/c1-18-15(17)12-14-7-4-6-13(21-14)8-5-11-20-16-9-2-3-10-19-16/h6,12,16H,2-4,7,9-11H2,1H3/b14-12-. The van der Waals surface area contributed by atoms with Gasteiger partial charge in [-0.25, -0.2) is 4.79 Å². The Labute approximate surface area is 124 Å². The van der Waals surface area contributed by atoms with Crippen LogP contribution in [0.2, 0.25) is 0 Å². The molecule has 114 valence electrons. The maximum absolute atomic E-state index is 11.2. The van der Waals surface area contributed by atoms with Gasteiger partial charge in [0.05, 0.1) is 13.2 Å². The molecule has 0 saturated carbocycles. The summed E-state index contributed by atoms with van der Waals surface area (Å²) in [4.78, 5) is 11.2. The lowest BCUT2D eigenvalue weighted by atomic mass is 10.2. The summed E-state index contributed by atoms with van der Waals surface area (Å²) in [5.41, 5.74) is 0. The molecule has 0 N–H and O–H groups in total. The van der Waals surface area contributed by atoms with Crippen LogP contribution in [0.4, 0.5) is 0 Å². The van der Waals surface area contributed by atoms with Gasteiger partial charge in [0.15, 0.2) is 12.0 Å². The molecule has 2 aliphatic rings. The van der Waals surface area contributed by atoms with Crippen LogP contribution in [0.15, 0.2) is 23.7 Å². The van der Waals surface area contributed by atoms with Gasteiger partial charge in [-0.1, -0.05) is 5.92 Å². The summed E-state index contributed by atoms with van der Waals surface area (Å²) >= 11 is 0. The SMILES string of the molecule is COC(=O)/C=C1/CCC=C(C#CCOC2CCCCO2)O1. The molecule has 1 atom stereocenters. The van der Waals surface area contributed by atoms with Crippen LogP contribution >= 0.6 is 0 Å². The first-order valence-corrected chi connectivity index (χ1v) is 7.16. The highest BCUT2D eigenvalue weighted by Gasteiger charge is 2.13. The number of hydrogen-bond acceptors (Lipinski definition) is 5. The van der Waals surface area contributed by atoms with Crippen molar-refractivity contribution in [2.45, 2.75) is 38.4 Å². The quantitative estimate of drug-likeness (QED) is 0.454. The van der Waals surface area contributed by atoms with Gasteiger partial charge in [0.25, 0.3) is 0 Å². The van der Waals surface area contributed by atoms with Gasteiger partial charge in [0.2, 0.25) is 0 Å². The highest BCUT2D eigenvalue weighted by atomic mass is 16.7. The van der Waals surface area contributed by atoms with Crippen LogP contribution in [0.5, 0.6) is 0 Å². The number of methoxy groups -OCH3 is 1. The lowest BCUT2D eigenvalue weighted by Crippen LogP contribution is -2.22. The molecular formula is C16H20O5. The normalized spacial score (nSPS) is 23.6. The van der Waals surface area contributed by atoms with E-state index >= 15 is 0 Å². The Hall–Kier alpha value is -1.77. The van der Waals surface area contributed by atoms with E-state index in [2.05, 4.69) is 16.6 Å². The van der Waals surface area contributed by atoms with Crippen molar-refractivity contribution in [2.75, 3.05) is 20.3 Å². The Kier molecular flexibility index (Phi) is 6.32. The van der Waals surface area contributed by atoms with Gasteiger partial charge < -0.3 is 18.9 Å². The van der Waals surface area contributed by atoms with Gasteiger partial charge in [-0.15, -0.1) is 0 Å². The Bertz CT molecular complexity index is 475. The molecule has 2 rings (SSSR count). The summed E-state index contributed by atoms with van der Waals surface area (Å²) in [7, 11) is 1.34. The molecule has 0 amide bonds. The van der Waals surface area contributed by atoms with E-state index in [-0.39, 0.29) is 6.29 Å². The van der Waals surface area contributed by atoms with Crippen LogP contribution in [0.25, 0.3) is 0 Å². The smallest absolute Gasteiger partial charge is 0.333 e. The van der Waals surface area contributed by atoms with Crippen molar-refractivity contribution in [1.29, 1.82) is 0 Å². The Morgan fingerprint density at radius 2 is 2.43 bits per heavy atom. The largest absolute Gasteiger partial charge is 0.466 e. The molecule has 0 aromatic rings. The molecule has 2 aliphatic heterocycles. The van der Waals surface area contributed by atoms with E-state index in [0.717, 1.165) is 32.3 Å². The second kappa shape index (κ2) is 8.50. The predicted octanol–water partition coefficient (Wildman–Crippen LogP) is 2.28. The van der Waals surface area contributed by atoms with Crippen LogP contribution in [0, 0.1) is 11.8 Å². The minimum atomic E-state index is -0.419. The highest BCUT2D eigenvalue weighted by Crippen LogP contribution is 2.19. The van der Waals surface area contributed by atoms with Gasteiger partial charge in [-0.05, 0) is 37.7 Å². The third kappa shape index (κ3) is 5.62. The van der Waals surface area contributed by atoms with Crippen molar-refractivity contribution in [1.82, 2.24) is 0 Å². The molecule has 5 nitrogen and oxygen atoms in total. The maximum atomic E-state index is 11.2. The van der Waals surface area contributed by atoms with Gasteiger partial charge >= 0.3 is 5.97 Å². The molecule has 0 spiro atoms. The van der Waals surface area contributed by atoms with Crippen LogP contribution < -0.4 is 0 Å². The number of ether oxygens (including phenoxy) is 4. The van der Waals surface area contributed by atoms with Crippen molar-refractivity contribution >= 4 is 5.97 Å². The van der Waals surface area contributed by atoms with E-state index in [1.807, 2.05) is 6.08 Å². The number of hydrogen-bond donors (Lipinski definition) is 0. The second-order valence-electron chi connectivity index (χ2n) is 4.75. The lowest BCUT2D eigenvalue weighted by Gasteiger charge is -2.21. The van der Waals surface area contributed by atoms with Gasteiger partial charge in [0, 0.05) is 13.0 Å². The number of carbonyl (C=O) groups is 1. The molecular weight excluding hydrogens is 272 g/mol. The van der Waals surface area contributed by atoms with E-state index in [1.54, 1.807) is 0 Å². The van der Waals surface area contributed by atoms with Crippen LogP contribution in [0.1, 0.15) is 32.1 Å². The zero-order valence-electron chi connectivity index (χ0n) is 12.2. The van der Waals surface area contributed by atoms with Crippen LogP contribution in [-0.2, 0) is 23.7 Å². The topological polar surface area (TPSA) is 54.0 Å². The predicted molar refractivity (Wildman–Crippen MR) is 75.8 cm³/mol. The molecule has 5 heteroatoms. The first-order chi connectivity index (χ1) is 10.3. The number of allylic oxidation sites excluding steroid dienone is 3. The fourth-order valence-corrected chi connectivity index (χ4v) is 2.05. The van der Waals surface area contributed by atoms with Crippen LogP contribution in [0.3, 0.4) is 0 Å². The number of esters is 1. The van der Waals surface area contributed by atoms with Gasteiger partial charge in [-0.2, -0.15) is 0 Å². The maximum Gasteiger partial charge on any atom is 0.333 e. The van der Waals surface area contributed by atoms with Gasteiger partial charge in [-0.3, -0.25) is 0 Å². The molecule has 0 radical (unpaired) electrons. The zero-order valence-corrected chi connectivity index (χ0v) is 12.2. The van der Waals surface area contributed by atoms with Crippen molar-refractivity contribution in [3.8, 4) is 11.8 Å². The Morgan fingerprint density at radius 3 is 3.19 bits per heavy atom. The first kappa shape index (κ1) is 15.6. The van der Waals surface area contributed by atoms with Gasteiger partial charge in [0.1, 0.15) is 12.4 Å². The zero-order chi connectivity index (χ0) is 14.9. The third-order valence-electron chi connectivity index (χ3n) is 3.13. The van der Waals surface area contributed by atoms with Crippen LogP contribution in [-0.4, -0.2) is 32.6 Å². The number of rotatable bonds is 3.